The summed E-state index contributed by atoms with van der Waals surface area (Å²) in [6.45, 7) is 2.22. The van der Waals surface area contributed by atoms with Crippen molar-refractivity contribution in [3.05, 3.63) is 68.8 Å². The number of carbonyl (C=O) groups is 2. The lowest BCUT2D eigenvalue weighted by Gasteiger charge is -2.26. The molecule has 1 amide bonds. The van der Waals surface area contributed by atoms with Gasteiger partial charge in [-0.25, -0.2) is 4.79 Å². The van der Waals surface area contributed by atoms with E-state index in [0.29, 0.717) is 17.3 Å². The molecule has 1 fully saturated rings. The maximum absolute atomic E-state index is 12.9. The summed E-state index contributed by atoms with van der Waals surface area (Å²) in [6, 6.07) is 12.6. The number of likely N-dealkylation sites (tertiary alicyclic amines) is 1. The second-order valence-corrected chi connectivity index (χ2v) is 7.83. The number of hydrogen-bond donors (Lipinski definition) is 1. The smallest absolute Gasteiger partial charge is 0.355 e. The van der Waals surface area contributed by atoms with E-state index in [9.17, 15) is 14.4 Å². The van der Waals surface area contributed by atoms with Gasteiger partial charge in [-0.3, -0.25) is 9.59 Å². The lowest BCUT2D eigenvalue weighted by Crippen LogP contribution is -2.39. The molecule has 2 atom stereocenters. The number of nitrogens with one attached hydrogen (secondary N) is 1. The number of esters is 1. The number of aromatic amines is 1. The van der Waals surface area contributed by atoms with Crippen LogP contribution in [0.2, 0.25) is 0 Å². The van der Waals surface area contributed by atoms with Crippen LogP contribution >= 0.6 is 11.3 Å². The molecule has 7 heteroatoms. The first-order valence-electron chi connectivity index (χ1n) is 9.21. The largest absolute Gasteiger partial charge is 0.448 e. The third-order valence-corrected chi connectivity index (χ3v) is 5.99. The van der Waals surface area contributed by atoms with Crippen molar-refractivity contribution in [2.45, 2.75) is 31.9 Å². The van der Waals surface area contributed by atoms with E-state index in [1.165, 1.54) is 0 Å². The quantitative estimate of drug-likeness (QED) is 0.685. The SMILES string of the molecule is C[C@@H](OC(=O)c1cc2ccccc2c(=O)[nH]1)C(=O)N1CCC[C@@H]1c1cccs1. The van der Waals surface area contributed by atoms with E-state index in [1.807, 2.05) is 17.5 Å². The van der Waals surface area contributed by atoms with E-state index in [0.717, 1.165) is 17.7 Å². The molecule has 3 heterocycles. The van der Waals surface area contributed by atoms with E-state index >= 15 is 0 Å². The number of aromatic nitrogens is 1. The first-order valence-corrected chi connectivity index (χ1v) is 10.1. The van der Waals surface area contributed by atoms with Gasteiger partial charge in [0.1, 0.15) is 5.69 Å². The van der Waals surface area contributed by atoms with Crippen LogP contribution in [-0.4, -0.2) is 34.4 Å². The van der Waals surface area contributed by atoms with Crippen LogP contribution in [0.25, 0.3) is 10.8 Å². The number of rotatable bonds is 4. The molecule has 6 nitrogen and oxygen atoms in total. The zero-order valence-corrected chi connectivity index (χ0v) is 16.2. The number of fused-ring (bicyclic) bond motifs is 1. The van der Waals surface area contributed by atoms with Crippen molar-refractivity contribution in [3.8, 4) is 0 Å². The molecule has 1 aromatic carbocycles. The zero-order valence-electron chi connectivity index (χ0n) is 15.4. The topological polar surface area (TPSA) is 79.5 Å². The van der Waals surface area contributed by atoms with E-state index < -0.39 is 12.1 Å². The molecule has 28 heavy (non-hydrogen) atoms. The highest BCUT2D eigenvalue weighted by Gasteiger charge is 2.34. The van der Waals surface area contributed by atoms with Gasteiger partial charge in [0.15, 0.2) is 6.10 Å². The monoisotopic (exact) mass is 396 g/mol. The molecule has 1 aliphatic rings. The van der Waals surface area contributed by atoms with Gasteiger partial charge in [0.25, 0.3) is 11.5 Å². The molecule has 0 radical (unpaired) electrons. The van der Waals surface area contributed by atoms with Gasteiger partial charge in [-0.15, -0.1) is 11.3 Å². The van der Waals surface area contributed by atoms with Crippen molar-refractivity contribution in [1.29, 1.82) is 0 Å². The van der Waals surface area contributed by atoms with Crippen LogP contribution in [-0.2, 0) is 9.53 Å². The Morgan fingerprint density at radius 3 is 2.86 bits per heavy atom. The molecule has 4 rings (SSSR count). The van der Waals surface area contributed by atoms with Gasteiger partial charge in [0.2, 0.25) is 0 Å². The molecule has 0 bridgehead atoms. The van der Waals surface area contributed by atoms with Gasteiger partial charge in [-0.1, -0.05) is 24.3 Å². The van der Waals surface area contributed by atoms with Gasteiger partial charge in [0.05, 0.1) is 6.04 Å². The number of carbonyl (C=O) groups excluding carboxylic acids is 2. The van der Waals surface area contributed by atoms with E-state index in [-0.39, 0.29) is 23.2 Å². The van der Waals surface area contributed by atoms with Crippen LogP contribution in [0.1, 0.15) is 41.2 Å². The molecule has 0 aliphatic carbocycles. The van der Waals surface area contributed by atoms with Crippen LogP contribution < -0.4 is 5.56 Å². The van der Waals surface area contributed by atoms with Gasteiger partial charge in [0, 0.05) is 16.8 Å². The molecular formula is C21H20N2O4S. The second-order valence-electron chi connectivity index (χ2n) is 6.85. The fourth-order valence-corrected chi connectivity index (χ4v) is 4.51. The number of pyridine rings is 1. The highest BCUT2D eigenvalue weighted by Crippen LogP contribution is 2.35. The van der Waals surface area contributed by atoms with Crippen molar-refractivity contribution in [3.63, 3.8) is 0 Å². The number of ether oxygens (including phenoxy) is 1. The normalized spacial score (nSPS) is 17.6. The van der Waals surface area contributed by atoms with Crippen molar-refractivity contribution < 1.29 is 14.3 Å². The van der Waals surface area contributed by atoms with E-state index in [2.05, 4.69) is 4.98 Å². The lowest BCUT2D eigenvalue weighted by molar-refractivity contribution is -0.140. The summed E-state index contributed by atoms with van der Waals surface area (Å²) >= 11 is 1.63. The molecule has 1 aliphatic heterocycles. The van der Waals surface area contributed by atoms with Crippen molar-refractivity contribution >= 4 is 34.0 Å². The van der Waals surface area contributed by atoms with E-state index in [1.54, 1.807) is 53.5 Å². The molecule has 0 unspecified atom stereocenters. The standard InChI is InChI=1S/C21H20N2O4S/c1-13(20(25)23-10-4-8-17(23)18-9-5-11-28-18)27-21(26)16-12-14-6-2-3-7-15(14)19(24)22-16/h2-3,5-7,9,11-13,17H,4,8,10H2,1H3,(H,22,24)/t13-,17-/m1/s1. The van der Waals surface area contributed by atoms with Gasteiger partial charge >= 0.3 is 5.97 Å². The highest BCUT2D eigenvalue weighted by molar-refractivity contribution is 7.10. The van der Waals surface area contributed by atoms with Crippen LogP contribution in [0, 0.1) is 0 Å². The minimum atomic E-state index is -0.928. The number of H-pyrrole nitrogens is 1. The molecule has 3 aromatic rings. The lowest BCUT2D eigenvalue weighted by atomic mass is 10.1. The Bertz CT molecular complexity index is 1070. The Morgan fingerprint density at radius 2 is 2.07 bits per heavy atom. The van der Waals surface area contributed by atoms with Crippen LogP contribution in [0.3, 0.4) is 0 Å². The van der Waals surface area contributed by atoms with Crippen molar-refractivity contribution in [2.24, 2.45) is 0 Å². The number of thiophene rings is 1. The summed E-state index contributed by atoms with van der Waals surface area (Å²) in [5.74, 6) is -0.928. The number of amides is 1. The second kappa shape index (κ2) is 7.59. The summed E-state index contributed by atoms with van der Waals surface area (Å²) in [7, 11) is 0. The predicted molar refractivity (Wildman–Crippen MR) is 107 cm³/mol. The maximum atomic E-state index is 12.9. The third-order valence-electron chi connectivity index (χ3n) is 5.01. The average Bonchev–Trinajstić information content (AvgIpc) is 3.38. The Kier molecular flexibility index (Phi) is 5.00. The first-order chi connectivity index (χ1) is 13.5. The summed E-state index contributed by atoms with van der Waals surface area (Å²) in [5, 5.41) is 3.14. The molecular weight excluding hydrogens is 376 g/mol. The Labute approximate surface area is 165 Å². The fraction of sp³-hybridized carbons (Fsp3) is 0.286. The summed E-state index contributed by atoms with van der Waals surface area (Å²) in [4.78, 5) is 43.0. The summed E-state index contributed by atoms with van der Waals surface area (Å²) in [6.07, 6.45) is 0.903. The molecule has 144 valence electrons. The van der Waals surface area contributed by atoms with Crippen molar-refractivity contribution in [1.82, 2.24) is 9.88 Å². The Morgan fingerprint density at radius 1 is 1.25 bits per heavy atom. The Hall–Kier alpha value is -2.93. The maximum Gasteiger partial charge on any atom is 0.355 e. The molecule has 0 spiro atoms. The number of hydrogen-bond acceptors (Lipinski definition) is 5. The van der Waals surface area contributed by atoms with Crippen LogP contribution in [0.15, 0.2) is 52.6 Å². The average molecular weight is 396 g/mol. The van der Waals surface area contributed by atoms with Crippen LogP contribution in [0.4, 0.5) is 0 Å². The van der Waals surface area contributed by atoms with E-state index in [4.69, 9.17) is 4.74 Å². The molecule has 0 saturated carbocycles. The number of nitrogens with zero attached hydrogens (tertiary/aromatic N) is 1. The van der Waals surface area contributed by atoms with Gasteiger partial charge < -0.3 is 14.6 Å². The predicted octanol–water partition coefficient (Wildman–Crippen LogP) is 3.50. The Balaban J connectivity index is 1.50. The van der Waals surface area contributed by atoms with Crippen LogP contribution in [0.5, 0.6) is 0 Å². The highest BCUT2D eigenvalue weighted by atomic mass is 32.1. The van der Waals surface area contributed by atoms with Crippen molar-refractivity contribution in [2.75, 3.05) is 6.54 Å². The third kappa shape index (κ3) is 3.45. The van der Waals surface area contributed by atoms with Gasteiger partial charge in [-0.2, -0.15) is 0 Å². The summed E-state index contributed by atoms with van der Waals surface area (Å²) < 4.78 is 5.38. The first kappa shape index (κ1) is 18.4. The zero-order chi connectivity index (χ0) is 19.7. The fourth-order valence-electron chi connectivity index (χ4n) is 3.64. The minimum Gasteiger partial charge on any atom is -0.448 e. The number of benzene rings is 1. The molecule has 1 saturated heterocycles. The summed E-state index contributed by atoms with van der Waals surface area (Å²) in [5.41, 5.74) is -0.319. The minimum absolute atomic E-state index is 0.0362. The molecule has 2 aromatic heterocycles. The van der Waals surface area contributed by atoms with Gasteiger partial charge in [-0.05, 0) is 48.7 Å². The molecule has 1 N–H and O–H groups in total.